The molecule has 0 saturated heterocycles. The van der Waals surface area contributed by atoms with Crippen LogP contribution >= 0.6 is 0 Å². The molecule has 0 fully saturated rings. The van der Waals surface area contributed by atoms with E-state index in [2.05, 4.69) is 166 Å². The number of anilines is 3. The Balaban J connectivity index is 1.48. The fraction of sp³-hybridized carbons (Fsp3) is 0.182. The summed E-state index contributed by atoms with van der Waals surface area (Å²) in [5.41, 5.74) is 19.9. The van der Waals surface area contributed by atoms with E-state index in [0.29, 0.717) is 0 Å². The van der Waals surface area contributed by atoms with Gasteiger partial charge in [0.1, 0.15) is 0 Å². The highest BCUT2D eigenvalue weighted by Crippen LogP contribution is 2.56. The fourth-order valence-electron chi connectivity index (χ4n) is 9.64. The monoisotopic (exact) mass is 604 g/mol. The molecular formula is C44H37BN2. The minimum Gasteiger partial charge on any atom is -0.311 e. The van der Waals surface area contributed by atoms with Gasteiger partial charge in [-0.15, -0.1) is 0 Å². The number of hydrogen-bond acceptors (Lipinski definition) is 1. The molecule has 0 N–H and O–H groups in total. The summed E-state index contributed by atoms with van der Waals surface area (Å²) >= 11 is 0. The quantitative estimate of drug-likeness (QED) is 0.170. The zero-order valence-corrected chi connectivity index (χ0v) is 27.9. The summed E-state index contributed by atoms with van der Waals surface area (Å²) in [6.45, 7) is 14.4. The molecule has 0 bridgehead atoms. The third kappa shape index (κ3) is 3.27. The van der Waals surface area contributed by atoms with Crippen molar-refractivity contribution in [3.05, 3.63) is 149 Å². The van der Waals surface area contributed by atoms with Gasteiger partial charge in [-0.25, -0.2) is 0 Å². The van der Waals surface area contributed by atoms with Crippen LogP contribution in [-0.2, 0) is 10.8 Å². The van der Waals surface area contributed by atoms with Crippen molar-refractivity contribution in [2.24, 2.45) is 0 Å². The molecule has 0 atom stereocenters. The molecule has 10 rings (SSSR count). The average molecular weight is 605 g/mol. The van der Waals surface area contributed by atoms with Gasteiger partial charge in [-0.3, -0.25) is 0 Å². The number of benzene rings is 6. The maximum Gasteiger partial charge on any atom is 0.252 e. The van der Waals surface area contributed by atoms with E-state index in [4.69, 9.17) is 0 Å². The van der Waals surface area contributed by atoms with E-state index in [9.17, 15) is 0 Å². The number of rotatable bonds is 1. The van der Waals surface area contributed by atoms with Crippen molar-refractivity contribution < 1.29 is 0 Å². The molecule has 7 aromatic rings. The Morgan fingerprint density at radius 2 is 1.23 bits per heavy atom. The van der Waals surface area contributed by atoms with Gasteiger partial charge in [0.15, 0.2) is 0 Å². The molecule has 3 heteroatoms. The third-order valence-electron chi connectivity index (χ3n) is 11.6. The van der Waals surface area contributed by atoms with Gasteiger partial charge < -0.3 is 9.47 Å². The predicted molar refractivity (Wildman–Crippen MR) is 200 cm³/mol. The second-order valence-electron chi connectivity index (χ2n) is 15.1. The zero-order valence-electron chi connectivity index (χ0n) is 27.9. The molecule has 47 heavy (non-hydrogen) atoms. The fourth-order valence-corrected chi connectivity index (χ4v) is 9.64. The van der Waals surface area contributed by atoms with E-state index < -0.39 is 0 Å². The van der Waals surface area contributed by atoms with Gasteiger partial charge in [-0.05, 0) is 95.0 Å². The molecule has 6 aromatic carbocycles. The number of aryl methyl sites for hydroxylation is 2. The van der Waals surface area contributed by atoms with E-state index in [1.54, 1.807) is 0 Å². The number of fused-ring (bicyclic) bond motifs is 10. The first-order valence-corrected chi connectivity index (χ1v) is 17.0. The lowest BCUT2D eigenvalue weighted by Gasteiger charge is -2.50. The standard InChI is InChI=1S/C44H37BN2/c1-26-20-21-36-29(22-26)30-23-27(2)24-35-41(30)47(36)38-25-33-39(44(5,6)32-17-11-10-16-31(32)43(33,3)4)42-40(38)45(35)34-18-12-13-19-37(34)46(42)28-14-8-7-9-15-28/h7-25H,1-6H3. The largest absolute Gasteiger partial charge is 0.311 e. The van der Waals surface area contributed by atoms with Crippen LogP contribution in [0.4, 0.5) is 17.1 Å². The van der Waals surface area contributed by atoms with Crippen LogP contribution in [0, 0.1) is 13.8 Å². The molecule has 2 aliphatic heterocycles. The maximum atomic E-state index is 2.62. The predicted octanol–water partition coefficient (Wildman–Crippen LogP) is 8.98. The van der Waals surface area contributed by atoms with Crippen LogP contribution in [0.3, 0.4) is 0 Å². The van der Waals surface area contributed by atoms with Crippen molar-refractivity contribution in [2.75, 3.05) is 4.90 Å². The number of aromatic nitrogens is 1. The number of para-hydroxylation sites is 2. The minimum absolute atomic E-state index is 0.123. The van der Waals surface area contributed by atoms with E-state index in [-0.39, 0.29) is 17.5 Å². The summed E-state index contributed by atoms with van der Waals surface area (Å²) in [7, 11) is 0. The highest BCUT2D eigenvalue weighted by atomic mass is 15.2. The Morgan fingerprint density at radius 1 is 0.553 bits per heavy atom. The van der Waals surface area contributed by atoms with Crippen LogP contribution in [0.25, 0.3) is 27.5 Å². The van der Waals surface area contributed by atoms with Crippen molar-refractivity contribution >= 4 is 62.0 Å². The van der Waals surface area contributed by atoms with Crippen LogP contribution in [-0.4, -0.2) is 11.3 Å². The van der Waals surface area contributed by atoms with Gasteiger partial charge in [0, 0.05) is 49.9 Å². The van der Waals surface area contributed by atoms with E-state index >= 15 is 0 Å². The van der Waals surface area contributed by atoms with Crippen LogP contribution in [0.2, 0.25) is 0 Å². The lowest BCUT2D eigenvalue weighted by Crippen LogP contribution is -2.61. The minimum atomic E-state index is -0.215. The van der Waals surface area contributed by atoms with Gasteiger partial charge in [0.05, 0.1) is 5.52 Å². The lowest BCUT2D eigenvalue weighted by molar-refractivity contribution is 0.521. The second-order valence-corrected chi connectivity index (χ2v) is 15.1. The molecule has 0 radical (unpaired) electrons. The first-order valence-electron chi connectivity index (χ1n) is 17.0. The Kier molecular flexibility index (Phi) is 5.12. The van der Waals surface area contributed by atoms with Gasteiger partial charge in [-0.2, -0.15) is 0 Å². The van der Waals surface area contributed by atoms with Crippen LogP contribution in [0.15, 0.2) is 115 Å². The molecule has 3 heterocycles. The number of hydrogen-bond donors (Lipinski definition) is 0. The van der Waals surface area contributed by atoms with Crippen molar-refractivity contribution in [1.82, 2.24) is 4.57 Å². The summed E-state index contributed by atoms with van der Waals surface area (Å²) in [5, 5.41) is 2.70. The van der Waals surface area contributed by atoms with E-state index in [1.807, 2.05) is 0 Å². The van der Waals surface area contributed by atoms with Crippen molar-refractivity contribution in [2.45, 2.75) is 52.4 Å². The van der Waals surface area contributed by atoms with Crippen LogP contribution in [0.1, 0.15) is 61.1 Å². The molecular weight excluding hydrogens is 567 g/mol. The van der Waals surface area contributed by atoms with Crippen molar-refractivity contribution in [3.63, 3.8) is 0 Å². The van der Waals surface area contributed by atoms with Crippen molar-refractivity contribution in [1.29, 1.82) is 0 Å². The summed E-state index contributed by atoms with van der Waals surface area (Å²) in [5.74, 6) is 0. The molecule has 0 saturated carbocycles. The third-order valence-corrected chi connectivity index (χ3v) is 11.6. The van der Waals surface area contributed by atoms with Gasteiger partial charge in [0.2, 0.25) is 0 Å². The molecule has 0 unspecified atom stereocenters. The average Bonchev–Trinajstić information content (AvgIpc) is 3.39. The highest BCUT2D eigenvalue weighted by molar-refractivity contribution is 7.00. The smallest absolute Gasteiger partial charge is 0.252 e. The van der Waals surface area contributed by atoms with E-state index in [1.165, 1.54) is 94.3 Å². The maximum absolute atomic E-state index is 2.62. The van der Waals surface area contributed by atoms with Gasteiger partial charge in [0.25, 0.3) is 6.71 Å². The molecule has 0 spiro atoms. The Morgan fingerprint density at radius 3 is 2.02 bits per heavy atom. The Labute approximate surface area is 277 Å². The topological polar surface area (TPSA) is 8.17 Å². The summed E-state index contributed by atoms with van der Waals surface area (Å²) < 4.78 is 2.62. The van der Waals surface area contributed by atoms with Gasteiger partial charge >= 0.3 is 0 Å². The molecule has 3 aliphatic rings. The highest BCUT2D eigenvalue weighted by Gasteiger charge is 2.50. The van der Waals surface area contributed by atoms with Crippen molar-refractivity contribution in [3.8, 4) is 5.69 Å². The molecule has 1 aliphatic carbocycles. The van der Waals surface area contributed by atoms with E-state index in [0.717, 1.165) is 0 Å². The zero-order chi connectivity index (χ0) is 32.0. The van der Waals surface area contributed by atoms with Crippen LogP contribution < -0.4 is 21.3 Å². The first-order chi connectivity index (χ1) is 22.7. The Bertz CT molecular complexity index is 2500. The molecule has 1 aromatic heterocycles. The molecule has 2 nitrogen and oxygen atoms in total. The first kappa shape index (κ1) is 27.1. The van der Waals surface area contributed by atoms with Gasteiger partial charge in [-0.1, -0.05) is 112 Å². The van der Waals surface area contributed by atoms with Crippen LogP contribution in [0.5, 0.6) is 0 Å². The SMILES string of the molecule is Cc1ccc2c(c1)c1cc(C)cc3c1n2-c1cc2c(c4c1B3c1ccccc1N4c1ccccc1)C(C)(C)c1ccccc1C2(C)C. The second kappa shape index (κ2) is 8.86. The Hall–Kier alpha value is -5.02. The summed E-state index contributed by atoms with van der Waals surface area (Å²) in [4.78, 5) is 2.60. The normalized spacial score (nSPS) is 16.1. The molecule has 226 valence electrons. The molecule has 0 amide bonds. The summed E-state index contributed by atoms with van der Waals surface area (Å²) in [6.07, 6.45) is 0. The summed E-state index contributed by atoms with van der Waals surface area (Å²) in [6, 6.07) is 43.9. The number of nitrogens with zero attached hydrogens (tertiary/aromatic N) is 2. The lowest BCUT2D eigenvalue weighted by atomic mass is 9.33.